The highest BCUT2D eigenvalue weighted by atomic mass is 32.2. The van der Waals surface area contributed by atoms with Crippen LogP contribution in [0, 0.1) is 5.82 Å². The summed E-state index contributed by atoms with van der Waals surface area (Å²) in [5, 5.41) is 0. The van der Waals surface area contributed by atoms with Crippen LogP contribution in [0.1, 0.15) is 20.8 Å². The predicted molar refractivity (Wildman–Crippen MR) is 109 cm³/mol. The fourth-order valence-corrected chi connectivity index (χ4v) is 3.94. The third-order valence-electron chi connectivity index (χ3n) is 3.86. The van der Waals surface area contributed by atoms with Crippen LogP contribution in [0.5, 0.6) is 0 Å². The van der Waals surface area contributed by atoms with E-state index in [1.807, 2.05) is 45.0 Å². The molecule has 1 unspecified atom stereocenters. The maximum atomic E-state index is 14.8. The van der Waals surface area contributed by atoms with E-state index in [1.54, 1.807) is 30.5 Å². The van der Waals surface area contributed by atoms with Crippen molar-refractivity contribution < 1.29 is 8.94 Å². The first-order valence-corrected chi connectivity index (χ1v) is 9.70. The molecule has 0 aliphatic rings. The molecule has 0 bridgehead atoms. The van der Waals surface area contributed by atoms with E-state index in [9.17, 15) is 8.94 Å². The molecule has 3 aromatic rings. The van der Waals surface area contributed by atoms with Gasteiger partial charge in [0.1, 0.15) is 11.6 Å². The van der Waals surface area contributed by atoms with Gasteiger partial charge in [-0.1, -0.05) is 24.3 Å². The number of rotatable bonds is 4. The summed E-state index contributed by atoms with van der Waals surface area (Å²) >= 11 is -1.41. The van der Waals surface area contributed by atoms with Gasteiger partial charge in [0, 0.05) is 22.9 Å². The fraction of sp³-hybridized carbons (Fsp3) is 0.190. The van der Waals surface area contributed by atoms with Crippen LogP contribution in [-0.4, -0.2) is 15.1 Å². The number of benzene rings is 2. The molecule has 0 amide bonds. The van der Waals surface area contributed by atoms with Crippen molar-refractivity contribution in [2.75, 3.05) is 5.73 Å². The number of hydrogen-bond donors (Lipinski definition) is 2. The van der Waals surface area contributed by atoms with Gasteiger partial charge in [0.2, 0.25) is 0 Å². The summed E-state index contributed by atoms with van der Waals surface area (Å²) in [6, 6.07) is 15.7. The molecule has 6 heteroatoms. The Labute approximate surface area is 162 Å². The molecule has 2 aromatic carbocycles. The molecule has 3 N–H and O–H groups in total. The van der Waals surface area contributed by atoms with E-state index in [0.717, 1.165) is 5.56 Å². The van der Waals surface area contributed by atoms with Gasteiger partial charge in [-0.3, -0.25) is 0 Å². The first-order valence-electron chi connectivity index (χ1n) is 8.55. The van der Waals surface area contributed by atoms with Crippen LogP contribution in [0.25, 0.3) is 22.3 Å². The van der Waals surface area contributed by atoms with Crippen LogP contribution in [0.15, 0.2) is 65.7 Å². The third-order valence-corrected chi connectivity index (χ3v) is 5.42. The number of nitrogens with zero attached hydrogens (tertiary/aromatic N) is 1. The number of hydrogen-bond acceptors (Lipinski definition) is 4. The lowest BCUT2D eigenvalue weighted by Gasteiger charge is -2.23. The summed E-state index contributed by atoms with van der Waals surface area (Å²) in [5.74, 6) is 0.0157. The van der Waals surface area contributed by atoms with E-state index in [-0.39, 0.29) is 11.4 Å². The van der Waals surface area contributed by atoms with Crippen molar-refractivity contribution in [2.24, 2.45) is 0 Å². The molecule has 0 spiro atoms. The number of nitrogen functional groups attached to an aromatic ring is 1. The third kappa shape index (κ3) is 4.66. The van der Waals surface area contributed by atoms with Gasteiger partial charge in [0.05, 0.1) is 16.9 Å². The van der Waals surface area contributed by atoms with Gasteiger partial charge in [-0.05, 0) is 56.7 Å². The Morgan fingerprint density at radius 2 is 1.70 bits per heavy atom. The Morgan fingerprint density at radius 1 is 1.00 bits per heavy atom. The maximum Gasteiger partial charge on any atom is 0.181 e. The minimum atomic E-state index is -1.41. The highest BCUT2D eigenvalue weighted by Gasteiger charge is 2.24. The predicted octanol–water partition coefficient (Wildman–Crippen LogP) is 4.55. The van der Waals surface area contributed by atoms with Gasteiger partial charge in [-0.25, -0.2) is 9.37 Å². The molecular weight excluding hydrogens is 361 g/mol. The summed E-state index contributed by atoms with van der Waals surface area (Å²) in [6.07, 6.45) is 1.55. The largest absolute Gasteiger partial charge is 0.593 e. The first-order chi connectivity index (χ1) is 12.7. The second kappa shape index (κ2) is 7.68. The number of aromatic nitrogens is 1. The van der Waals surface area contributed by atoms with Gasteiger partial charge in [-0.15, -0.1) is 4.72 Å². The maximum absolute atomic E-state index is 14.8. The average molecular weight is 383 g/mol. The molecule has 27 heavy (non-hydrogen) atoms. The summed E-state index contributed by atoms with van der Waals surface area (Å²) in [4.78, 5) is 4.63. The molecule has 140 valence electrons. The normalized spacial score (nSPS) is 12.8. The summed E-state index contributed by atoms with van der Waals surface area (Å²) in [6.45, 7) is 5.84. The quantitative estimate of drug-likeness (QED) is 0.648. The van der Waals surface area contributed by atoms with Crippen molar-refractivity contribution in [2.45, 2.75) is 31.2 Å². The highest BCUT2D eigenvalue weighted by molar-refractivity contribution is 7.89. The van der Waals surface area contributed by atoms with Crippen LogP contribution >= 0.6 is 0 Å². The van der Waals surface area contributed by atoms with Gasteiger partial charge in [0.25, 0.3) is 0 Å². The lowest BCUT2D eigenvalue weighted by atomic mass is 10.0. The van der Waals surface area contributed by atoms with Gasteiger partial charge < -0.3 is 10.3 Å². The molecule has 0 saturated carbocycles. The second-order valence-electron chi connectivity index (χ2n) is 7.28. The molecule has 1 heterocycles. The summed E-state index contributed by atoms with van der Waals surface area (Å²) in [5.41, 5.74) is 7.77. The van der Waals surface area contributed by atoms with Crippen LogP contribution in [0.4, 0.5) is 10.2 Å². The standard InChI is InChI=1S/C21H22FN3OS/c1-21(2,3)25-27(26)19-7-5-4-6-17(19)14-8-10-16(18(22)12-14)15-9-11-20(23)24-13-15/h4-13,25H,1-3H3,(H2,23,24). The summed E-state index contributed by atoms with van der Waals surface area (Å²) in [7, 11) is 0. The zero-order valence-electron chi connectivity index (χ0n) is 15.5. The Hall–Kier alpha value is -2.41. The van der Waals surface area contributed by atoms with Crippen molar-refractivity contribution in [3.05, 3.63) is 66.6 Å². The van der Waals surface area contributed by atoms with E-state index in [2.05, 4.69) is 9.71 Å². The molecule has 0 fully saturated rings. The molecule has 3 rings (SSSR count). The molecule has 0 saturated heterocycles. The number of anilines is 1. The Bertz CT molecular complexity index is 939. The van der Waals surface area contributed by atoms with Gasteiger partial charge in [0.15, 0.2) is 4.90 Å². The Balaban J connectivity index is 1.98. The number of pyridine rings is 1. The van der Waals surface area contributed by atoms with Crippen LogP contribution < -0.4 is 10.5 Å². The van der Waals surface area contributed by atoms with E-state index < -0.39 is 11.4 Å². The highest BCUT2D eigenvalue weighted by Crippen LogP contribution is 2.31. The molecule has 0 aliphatic carbocycles. The van der Waals surface area contributed by atoms with Crippen molar-refractivity contribution in [1.29, 1.82) is 0 Å². The molecule has 1 atom stereocenters. The molecule has 0 radical (unpaired) electrons. The Morgan fingerprint density at radius 3 is 2.33 bits per heavy atom. The summed E-state index contributed by atoms with van der Waals surface area (Å²) < 4.78 is 30.6. The fourth-order valence-electron chi connectivity index (χ4n) is 2.68. The van der Waals surface area contributed by atoms with Crippen molar-refractivity contribution in [3.8, 4) is 22.3 Å². The lowest BCUT2D eigenvalue weighted by molar-refractivity contribution is 0.491. The molecule has 1 aromatic heterocycles. The monoisotopic (exact) mass is 383 g/mol. The topological polar surface area (TPSA) is 74.0 Å². The Kier molecular flexibility index (Phi) is 5.51. The van der Waals surface area contributed by atoms with Crippen LogP contribution in [-0.2, 0) is 11.4 Å². The average Bonchev–Trinajstić information content (AvgIpc) is 2.61. The SMILES string of the molecule is CC(C)(C)N[S+]([O-])c1ccccc1-c1ccc(-c2ccc(N)nc2)c(F)c1. The van der Waals surface area contributed by atoms with Gasteiger partial charge in [-0.2, -0.15) is 0 Å². The minimum absolute atomic E-state index is 0.310. The van der Waals surface area contributed by atoms with E-state index in [4.69, 9.17) is 5.73 Å². The van der Waals surface area contributed by atoms with E-state index >= 15 is 0 Å². The second-order valence-corrected chi connectivity index (χ2v) is 8.46. The van der Waals surface area contributed by atoms with Crippen LogP contribution in [0.3, 0.4) is 0 Å². The van der Waals surface area contributed by atoms with Gasteiger partial charge >= 0.3 is 0 Å². The number of nitrogens with two attached hydrogens (primary N) is 1. The lowest BCUT2D eigenvalue weighted by Crippen LogP contribution is -2.40. The number of halogens is 1. The zero-order valence-corrected chi connectivity index (χ0v) is 16.3. The van der Waals surface area contributed by atoms with E-state index in [0.29, 0.717) is 27.4 Å². The molecule has 0 aliphatic heterocycles. The minimum Gasteiger partial charge on any atom is -0.593 e. The molecule has 4 nitrogen and oxygen atoms in total. The van der Waals surface area contributed by atoms with Crippen molar-refractivity contribution in [3.63, 3.8) is 0 Å². The van der Waals surface area contributed by atoms with Crippen molar-refractivity contribution in [1.82, 2.24) is 9.71 Å². The number of nitrogens with one attached hydrogen (secondary N) is 1. The smallest absolute Gasteiger partial charge is 0.181 e. The first kappa shape index (κ1) is 19.4. The van der Waals surface area contributed by atoms with Crippen molar-refractivity contribution >= 4 is 17.2 Å². The van der Waals surface area contributed by atoms with Crippen LogP contribution in [0.2, 0.25) is 0 Å². The van der Waals surface area contributed by atoms with E-state index in [1.165, 1.54) is 6.07 Å². The zero-order chi connectivity index (χ0) is 19.6. The molecular formula is C21H22FN3OS.